The van der Waals surface area contributed by atoms with E-state index in [1.165, 1.54) is 30.4 Å². The molecule has 0 radical (unpaired) electrons. The summed E-state index contributed by atoms with van der Waals surface area (Å²) in [7, 11) is 0. The zero-order valence-corrected chi connectivity index (χ0v) is 16.8. The molecule has 0 heterocycles. The Morgan fingerprint density at radius 3 is 1.50 bits per heavy atom. The molecule has 1 aliphatic carbocycles. The van der Waals surface area contributed by atoms with E-state index >= 15 is 0 Å². The van der Waals surface area contributed by atoms with Gasteiger partial charge in [-0.25, -0.2) is 0 Å². The number of halogens is 2. The smallest absolute Gasteiger partial charge is 0.0449 e. The summed E-state index contributed by atoms with van der Waals surface area (Å²) in [5.41, 5.74) is 15.9. The van der Waals surface area contributed by atoms with Gasteiger partial charge in [0.05, 0.1) is 0 Å². The fourth-order valence-corrected chi connectivity index (χ4v) is 4.01. The minimum Gasteiger partial charge on any atom is -0.398 e. The molecule has 0 unspecified atom stereocenters. The number of hydrogen-bond donors (Lipinski definition) is 4. The Bertz CT molecular complexity index is 648. The Kier molecular flexibility index (Phi) is 7.67. The van der Waals surface area contributed by atoms with Crippen LogP contribution in [0.1, 0.15) is 43.2 Å². The Morgan fingerprint density at radius 2 is 1.12 bits per heavy atom. The average molecular weight is 403 g/mol. The maximum atomic E-state index is 5.94. The number of benzene rings is 2. The van der Waals surface area contributed by atoms with E-state index in [0.717, 1.165) is 34.0 Å². The highest BCUT2D eigenvalue weighted by Crippen LogP contribution is 2.46. The van der Waals surface area contributed by atoms with Gasteiger partial charge in [-0.1, -0.05) is 31.4 Å². The number of thiol groups is 2. The van der Waals surface area contributed by atoms with E-state index < -0.39 is 0 Å². The predicted octanol–water partition coefficient (Wildman–Crippen LogP) is 5.52. The molecule has 0 atom stereocenters. The Morgan fingerprint density at radius 1 is 0.708 bits per heavy atom. The third-order valence-corrected chi connectivity index (χ3v) is 5.65. The first-order chi connectivity index (χ1) is 10.5. The van der Waals surface area contributed by atoms with Crippen molar-refractivity contribution < 1.29 is 0 Å². The lowest BCUT2D eigenvalue weighted by Crippen LogP contribution is -2.30. The Labute approximate surface area is 167 Å². The van der Waals surface area contributed by atoms with Crippen LogP contribution >= 0.6 is 50.1 Å². The van der Waals surface area contributed by atoms with Gasteiger partial charge in [-0.3, -0.25) is 0 Å². The first-order valence-electron chi connectivity index (χ1n) is 7.71. The lowest BCUT2D eigenvalue weighted by molar-refractivity contribution is 0.345. The molecule has 2 aromatic rings. The standard InChI is InChI=1S/C18H22N2S2.2ClH/c19-14-6-4-12(10-16(14)21)18(8-2-1-3-9-18)13-5-7-15(20)17(22)11-13;;/h4-7,10-11,21-22H,1-3,8-9,19-20H2;2*1H. The lowest BCUT2D eigenvalue weighted by atomic mass is 9.65. The molecule has 0 amide bonds. The molecule has 132 valence electrons. The van der Waals surface area contributed by atoms with Crippen LogP contribution in [-0.2, 0) is 5.41 Å². The molecule has 0 saturated heterocycles. The third-order valence-electron chi connectivity index (χ3n) is 4.87. The number of hydrogen-bond acceptors (Lipinski definition) is 4. The van der Waals surface area contributed by atoms with Crippen molar-refractivity contribution in [3.05, 3.63) is 47.5 Å². The molecule has 24 heavy (non-hydrogen) atoms. The van der Waals surface area contributed by atoms with Gasteiger partial charge in [-0.05, 0) is 48.2 Å². The fourth-order valence-electron chi connectivity index (χ4n) is 3.58. The third kappa shape index (κ3) is 3.93. The van der Waals surface area contributed by atoms with Crippen molar-refractivity contribution in [3.8, 4) is 0 Å². The summed E-state index contributed by atoms with van der Waals surface area (Å²) in [5.74, 6) is 0. The summed E-state index contributed by atoms with van der Waals surface area (Å²) in [6.45, 7) is 0. The zero-order valence-electron chi connectivity index (χ0n) is 13.4. The fraction of sp³-hybridized carbons (Fsp3) is 0.333. The van der Waals surface area contributed by atoms with E-state index in [2.05, 4.69) is 49.5 Å². The second-order valence-electron chi connectivity index (χ2n) is 6.19. The van der Waals surface area contributed by atoms with E-state index in [1.807, 2.05) is 12.1 Å². The van der Waals surface area contributed by atoms with Crippen LogP contribution in [0.25, 0.3) is 0 Å². The number of anilines is 2. The van der Waals surface area contributed by atoms with E-state index in [9.17, 15) is 0 Å². The molecule has 1 fully saturated rings. The number of rotatable bonds is 2. The maximum Gasteiger partial charge on any atom is 0.0449 e. The second kappa shape index (κ2) is 8.61. The molecule has 1 aliphatic rings. The van der Waals surface area contributed by atoms with Crippen LogP contribution in [0, 0.1) is 0 Å². The van der Waals surface area contributed by atoms with Crippen LogP contribution in [0.2, 0.25) is 0 Å². The minimum absolute atomic E-state index is 0. The molecule has 0 bridgehead atoms. The summed E-state index contributed by atoms with van der Waals surface area (Å²) in [5, 5.41) is 0. The highest BCUT2D eigenvalue weighted by Gasteiger charge is 2.36. The first kappa shape index (κ1) is 21.4. The molecule has 1 saturated carbocycles. The van der Waals surface area contributed by atoms with Crippen molar-refractivity contribution >= 4 is 61.4 Å². The van der Waals surface area contributed by atoms with Crippen molar-refractivity contribution in [2.24, 2.45) is 0 Å². The van der Waals surface area contributed by atoms with Gasteiger partial charge in [0.2, 0.25) is 0 Å². The van der Waals surface area contributed by atoms with Gasteiger partial charge in [-0.2, -0.15) is 0 Å². The van der Waals surface area contributed by atoms with Crippen LogP contribution < -0.4 is 11.5 Å². The summed E-state index contributed by atoms with van der Waals surface area (Å²) in [4.78, 5) is 1.70. The Balaban J connectivity index is 0.00000144. The lowest BCUT2D eigenvalue weighted by Gasteiger charge is -2.39. The van der Waals surface area contributed by atoms with Gasteiger partial charge in [0, 0.05) is 26.6 Å². The van der Waals surface area contributed by atoms with Crippen molar-refractivity contribution in [1.82, 2.24) is 0 Å². The van der Waals surface area contributed by atoms with E-state index in [4.69, 9.17) is 11.5 Å². The highest BCUT2D eigenvalue weighted by atomic mass is 35.5. The molecule has 4 N–H and O–H groups in total. The van der Waals surface area contributed by atoms with Gasteiger partial charge < -0.3 is 11.5 Å². The van der Waals surface area contributed by atoms with Gasteiger partial charge in [0.1, 0.15) is 0 Å². The van der Waals surface area contributed by atoms with Crippen LogP contribution in [0.3, 0.4) is 0 Å². The molecule has 0 aromatic heterocycles. The van der Waals surface area contributed by atoms with Crippen LogP contribution in [-0.4, -0.2) is 0 Å². The molecule has 2 nitrogen and oxygen atoms in total. The SMILES string of the molecule is Cl.Cl.Nc1ccc(C2(c3ccc(N)c(S)c3)CCCCC2)cc1S. The highest BCUT2D eigenvalue weighted by molar-refractivity contribution is 7.80. The van der Waals surface area contributed by atoms with Crippen molar-refractivity contribution in [3.63, 3.8) is 0 Å². The van der Waals surface area contributed by atoms with Crippen molar-refractivity contribution in [1.29, 1.82) is 0 Å². The topological polar surface area (TPSA) is 52.0 Å². The maximum absolute atomic E-state index is 5.94. The van der Waals surface area contributed by atoms with Gasteiger partial charge in [-0.15, -0.1) is 50.1 Å². The molecular formula is C18H24Cl2N2S2. The second-order valence-corrected chi connectivity index (χ2v) is 7.15. The summed E-state index contributed by atoms with van der Waals surface area (Å²) < 4.78 is 0. The van der Waals surface area contributed by atoms with E-state index in [0.29, 0.717) is 0 Å². The molecule has 2 aromatic carbocycles. The molecular weight excluding hydrogens is 379 g/mol. The van der Waals surface area contributed by atoms with Crippen molar-refractivity contribution in [2.75, 3.05) is 11.5 Å². The Hall–Kier alpha value is -0.680. The minimum atomic E-state index is 0. The molecule has 0 aliphatic heterocycles. The molecule has 3 rings (SSSR count). The monoisotopic (exact) mass is 402 g/mol. The zero-order chi connectivity index (χ0) is 15.7. The summed E-state index contributed by atoms with van der Waals surface area (Å²) in [6, 6.07) is 12.5. The van der Waals surface area contributed by atoms with Gasteiger partial charge in [0.25, 0.3) is 0 Å². The number of nitrogens with two attached hydrogens (primary N) is 2. The predicted molar refractivity (Wildman–Crippen MR) is 115 cm³/mol. The number of nitrogen functional groups attached to an aromatic ring is 2. The summed E-state index contributed by atoms with van der Waals surface area (Å²) in [6.07, 6.45) is 6.05. The van der Waals surface area contributed by atoms with Crippen LogP contribution in [0.4, 0.5) is 11.4 Å². The van der Waals surface area contributed by atoms with Crippen LogP contribution in [0.15, 0.2) is 46.2 Å². The van der Waals surface area contributed by atoms with Gasteiger partial charge in [0.15, 0.2) is 0 Å². The van der Waals surface area contributed by atoms with E-state index in [-0.39, 0.29) is 30.2 Å². The quantitative estimate of drug-likeness (QED) is 0.394. The van der Waals surface area contributed by atoms with Crippen LogP contribution in [0.5, 0.6) is 0 Å². The first-order valence-corrected chi connectivity index (χ1v) is 8.60. The van der Waals surface area contributed by atoms with Gasteiger partial charge >= 0.3 is 0 Å². The molecule has 6 heteroatoms. The normalized spacial score (nSPS) is 15.9. The average Bonchev–Trinajstić information content (AvgIpc) is 2.53. The van der Waals surface area contributed by atoms with E-state index in [1.54, 1.807) is 0 Å². The largest absolute Gasteiger partial charge is 0.398 e. The van der Waals surface area contributed by atoms with Crippen molar-refractivity contribution in [2.45, 2.75) is 47.3 Å². The summed E-state index contributed by atoms with van der Waals surface area (Å²) >= 11 is 9.03. The molecule has 0 spiro atoms.